The van der Waals surface area contributed by atoms with Crippen molar-refractivity contribution >= 4 is 26.7 Å². The van der Waals surface area contributed by atoms with Gasteiger partial charge in [0, 0.05) is 10.5 Å². The second-order valence-electron chi connectivity index (χ2n) is 5.74. The predicted molar refractivity (Wildman–Crippen MR) is 85.2 cm³/mol. The van der Waals surface area contributed by atoms with Crippen molar-refractivity contribution in [2.24, 2.45) is 11.7 Å². The molecular weight excluding hydrogens is 298 g/mol. The number of hydrogen-bond acceptors (Lipinski definition) is 1. The van der Waals surface area contributed by atoms with E-state index in [1.54, 1.807) is 0 Å². The van der Waals surface area contributed by atoms with Gasteiger partial charge in [-0.2, -0.15) is 0 Å². The highest BCUT2D eigenvalue weighted by atomic mass is 79.9. The lowest BCUT2D eigenvalue weighted by atomic mass is 9.93. The Labute approximate surface area is 123 Å². The normalized spacial score (nSPS) is 18.0. The zero-order valence-corrected chi connectivity index (χ0v) is 12.7. The molecule has 1 atom stereocenters. The molecule has 1 unspecified atom stereocenters. The zero-order chi connectivity index (χ0) is 13.2. The second kappa shape index (κ2) is 5.64. The summed E-state index contributed by atoms with van der Waals surface area (Å²) in [6, 6.07) is 13.2. The van der Waals surface area contributed by atoms with Crippen LogP contribution in [-0.2, 0) is 0 Å². The smallest absolute Gasteiger partial charge is 0.0297 e. The maximum Gasteiger partial charge on any atom is 0.0297 e. The summed E-state index contributed by atoms with van der Waals surface area (Å²) in [4.78, 5) is 0. The summed E-state index contributed by atoms with van der Waals surface area (Å²) in [7, 11) is 0. The zero-order valence-electron chi connectivity index (χ0n) is 11.1. The fraction of sp³-hybridized carbons (Fsp3) is 0.412. The van der Waals surface area contributed by atoms with Gasteiger partial charge in [-0.25, -0.2) is 0 Å². The molecule has 2 heteroatoms. The van der Waals surface area contributed by atoms with E-state index in [0.29, 0.717) is 0 Å². The second-order valence-corrected chi connectivity index (χ2v) is 6.66. The largest absolute Gasteiger partial charge is 0.324 e. The standard InChI is InChI=1S/C17H20BrN/c18-16-8-7-13-10-15(6-5-14(13)11-16)17(19)9-12-3-1-2-4-12/h5-8,10-12,17H,1-4,9,19H2. The van der Waals surface area contributed by atoms with Crippen molar-refractivity contribution in [2.45, 2.75) is 38.1 Å². The van der Waals surface area contributed by atoms with Gasteiger partial charge in [-0.15, -0.1) is 0 Å². The summed E-state index contributed by atoms with van der Waals surface area (Å²) in [5, 5.41) is 2.55. The molecule has 0 amide bonds. The molecule has 0 saturated heterocycles. The Bertz CT molecular complexity index is 572. The Hall–Kier alpha value is -0.860. The summed E-state index contributed by atoms with van der Waals surface area (Å²) in [5.41, 5.74) is 7.67. The van der Waals surface area contributed by atoms with Gasteiger partial charge in [-0.3, -0.25) is 0 Å². The van der Waals surface area contributed by atoms with Crippen molar-refractivity contribution in [2.75, 3.05) is 0 Å². The molecule has 3 rings (SSSR count). The third-order valence-electron chi connectivity index (χ3n) is 4.32. The number of benzene rings is 2. The first-order valence-electron chi connectivity index (χ1n) is 7.17. The predicted octanol–water partition coefficient (Wildman–Crippen LogP) is 5.18. The van der Waals surface area contributed by atoms with Gasteiger partial charge in [-0.1, -0.05) is 59.8 Å². The molecule has 19 heavy (non-hydrogen) atoms. The van der Waals surface area contributed by atoms with Crippen molar-refractivity contribution in [3.8, 4) is 0 Å². The number of hydrogen-bond donors (Lipinski definition) is 1. The Morgan fingerprint density at radius 3 is 2.53 bits per heavy atom. The van der Waals surface area contributed by atoms with E-state index >= 15 is 0 Å². The highest BCUT2D eigenvalue weighted by molar-refractivity contribution is 9.10. The lowest BCUT2D eigenvalue weighted by molar-refractivity contribution is 0.451. The Morgan fingerprint density at radius 1 is 1.05 bits per heavy atom. The fourth-order valence-electron chi connectivity index (χ4n) is 3.21. The molecule has 0 aliphatic heterocycles. The van der Waals surface area contributed by atoms with Crippen LogP contribution in [0.4, 0.5) is 0 Å². The molecule has 2 aromatic rings. The van der Waals surface area contributed by atoms with Crippen LogP contribution in [0.15, 0.2) is 40.9 Å². The van der Waals surface area contributed by atoms with E-state index in [9.17, 15) is 0 Å². The average molecular weight is 318 g/mol. The summed E-state index contributed by atoms with van der Waals surface area (Å²) in [5.74, 6) is 0.843. The van der Waals surface area contributed by atoms with Crippen molar-refractivity contribution in [1.29, 1.82) is 0 Å². The molecule has 1 aliphatic rings. The molecule has 1 aliphatic carbocycles. The molecule has 0 spiro atoms. The van der Waals surface area contributed by atoms with Gasteiger partial charge in [0.15, 0.2) is 0 Å². The Kier molecular flexibility index (Phi) is 3.90. The maximum absolute atomic E-state index is 6.39. The van der Waals surface area contributed by atoms with Crippen LogP contribution in [0.2, 0.25) is 0 Å². The van der Waals surface area contributed by atoms with Crippen molar-refractivity contribution in [3.63, 3.8) is 0 Å². The number of halogens is 1. The van der Waals surface area contributed by atoms with E-state index in [-0.39, 0.29) is 6.04 Å². The summed E-state index contributed by atoms with van der Waals surface area (Å²) in [6.45, 7) is 0. The van der Waals surface area contributed by atoms with Gasteiger partial charge in [0.2, 0.25) is 0 Å². The fourth-order valence-corrected chi connectivity index (χ4v) is 3.59. The van der Waals surface area contributed by atoms with Crippen LogP contribution in [-0.4, -0.2) is 0 Å². The molecule has 1 fully saturated rings. The molecule has 1 nitrogen and oxygen atoms in total. The molecule has 2 aromatic carbocycles. The minimum Gasteiger partial charge on any atom is -0.324 e. The van der Waals surface area contributed by atoms with E-state index in [4.69, 9.17) is 5.73 Å². The molecule has 0 radical (unpaired) electrons. The van der Waals surface area contributed by atoms with Gasteiger partial charge in [-0.05, 0) is 46.9 Å². The van der Waals surface area contributed by atoms with Crippen LogP contribution >= 0.6 is 15.9 Å². The van der Waals surface area contributed by atoms with Gasteiger partial charge < -0.3 is 5.73 Å². The van der Waals surface area contributed by atoms with E-state index in [1.165, 1.54) is 42.0 Å². The van der Waals surface area contributed by atoms with Gasteiger partial charge in [0.25, 0.3) is 0 Å². The van der Waals surface area contributed by atoms with Gasteiger partial charge >= 0.3 is 0 Å². The van der Waals surface area contributed by atoms with Gasteiger partial charge in [0.1, 0.15) is 0 Å². The van der Waals surface area contributed by atoms with E-state index in [1.807, 2.05) is 0 Å². The maximum atomic E-state index is 6.39. The minimum absolute atomic E-state index is 0.191. The topological polar surface area (TPSA) is 26.0 Å². The average Bonchev–Trinajstić information content (AvgIpc) is 2.91. The van der Waals surface area contributed by atoms with Crippen LogP contribution in [0, 0.1) is 5.92 Å². The van der Waals surface area contributed by atoms with Crippen LogP contribution < -0.4 is 5.73 Å². The van der Waals surface area contributed by atoms with Crippen LogP contribution in [0.25, 0.3) is 10.8 Å². The first-order chi connectivity index (χ1) is 9.22. The highest BCUT2D eigenvalue weighted by Crippen LogP contribution is 2.33. The first kappa shape index (κ1) is 13.1. The highest BCUT2D eigenvalue weighted by Gasteiger charge is 2.19. The Morgan fingerprint density at radius 2 is 1.74 bits per heavy atom. The third-order valence-corrected chi connectivity index (χ3v) is 4.81. The lowest BCUT2D eigenvalue weighted by Crippen LogP contribution is -2.14. The number of fused-ring (bicyclic) bond motifs is 1. The van der Waals surface area contributed by atoms with Gasteiger partial charge in [0.05, 0.1) is 0 Å². The van der Waals surface area contributed by atoms with Crippen molar-refractivity contribution in [3.05, 3.63) is 46.4 Å². The molecule has 100 valence electrons. The molecule has 2 N–H and O–H groups in total. The summed E-state index contributed by atoms with van der Waals surface area (Å²) in [6.07, 6.45) is 6.66. The van der Waals surface area contributed by atoms with Crippen LogP contribution in [0.5, 0.6) is 0 Å². The quantitative estimate of drug-likeness (QED) is 0.829. The molecule has 0 heterocycles. The van der Waals surface area contributed by atoms with E-state index in [2.05, 4.69) is 52.3 Å². The monoisotopic (exact) mass is 317 g/mol. The Balaban J connectivity index is 1.81. The molecule has 0 aromatic heterocycles. The number of nitrogens with two attached hydrogens (primary N) is 1. The van der Waals surface area contributed by atoms with Crippen LogP contribution in [0.3, 0.4) is 0 Å². The molecule has 0 bridgehead atoms. The lowest BCUT2D eigenvalue weighted by Gasteiger charge is -2.17. The summed E-state index contributed by atoms with van der Waals surface area (Å²) < 4.78 is 1.13. The summed E-state index contributed by atoms with van der Waals surface area (Å²) >= 11 is 3.51. The number of rotatable bonds is 3. The first-order valence-corrected chi connectivity index (χ1v) is 7.96. The minimum atomic E-state index is 0.191. The SMILES string of the molecule is NC(CC1CCCC1)c1ccc2cc(Br)ccc2c1. The third kappa shape index (κ3) is 3.01. The molecular formula is C17H20BrN. The van der Waals surface area contributed by atoms with E-state index < -0.39 is 0 Å². The van der Waals surface area contributed by atoms with Crippen molar-refractivity contribution < 1.29 is 0 Å². The van der Waals surface area contributed by atoms with Crippen LogP contribution in [0.1, 0.15) is 43.7 Å². The van der Waals surface area contributed by atoms with E-state index in [0.717, 1.165) is 16.8 Å². The van der Waals surface area contributed by atoms with Crippen molar-refractivity contribution in [1.82, 2.24) is 0 Å². The molecule has 1 saturated carbocycles.